The van der Waals surface area contributed by atoms with Gasteiger partial charge < -0.3 is 5.11 Å². The number of hydrogen-bond acceptors (Lipinski definition) is 4. The first-order valence-electron chi connectivity index (χ1n) is 11.2. The Morgan fingerprint density at radius 1 is 0.929 bits per heavy atom. The Hall–Kier alpha value is -1.85. The molecule has 0 bridgehead atoms. The molecular formula is C22H35N3O3. The topological polar surface area (TPSA) is 76.6 Å². The van der Waals surface area contributed by atoms with Crippen LogP contribution in [-0.2, 0) is 0 Å². The van der Waals surface area contributed by atoms with Crippen LogP contribution in [0.1, 0.15) is 108 Å². The van der Waals surface area contributed by atoms with E-state index in [-0.39, 0.29) is 34.8 Å². The van der Waals surface area contributed by atoms with E-state index in [1.165, 1.54) is 21.8 Å². The van der Waals surface area contributed by atoms with Crippen molar-refractivity contribution < 1.29 is 5.11 Å². The summed E-state index contributed by atoms with van der Waals surface area (Å²) < 4.78 is 2.93. The van der Waals surface area contributed by atoms with Gasteiger partial charge in [-0.1, -0.05) is 58.3 Å². The van der Waals surface area contributed by atoms with E-state index in [4.69, 9.17) is 0 Å². The van der Waals surface area contributed by atoms with E-state index in [0.717, 1.165) is 77.0 Å². The van der Waals surface area contributed by atoms with Crippen molar-refractivity contribution in [2.24, 2.45) is 4.99 Å². The van der Waals surface area contributed by atoms with E-state index >= 15 is 0 Å². The Bertz CT molecular complexity index is 781. The van der Waals surface area contributed by atoms with Gasteiger partial charge in [-0.15, -0.1) is 0 Å². The molecule has 0 unspecified atom stereocenters. The number of hydrogen-bond donors (Lipinski definition) is 1. The summed E-state index contributed by atoms with van der Waals surface area (Å²) in [7, 11) is 0. The van der Waals surface area contributed by atoms with Crippen molar-refractivity contribution in [2.45, 2.75) is 102 Å². The Balaban J connectivity index is 2.04. The quantitative estimate of drug-likeness (QED) is 0.557. The van der Waals surface area contributed by atoms with E-state index in [1.807, 2.05) is 0 Å². The molecule has 0 atom stereocenters. The summed E-state index contributed by atoms with van der Waals surface area (Å²) in [4.78, 5) is 30.9. The van der Waals surface area contributed by atoms with Crippen molar-refractivity contribution in [3.05, 3.63) is 26.4 Å². The van der Waals surface area contributed by atoms with E-state index in [0.29, 0.717) is 6.54 Å². The molecule has 2 aliphatic carbocycles. The van der Waals surface area contributed by atoms with Crippen molar-refractivity contribution in [3.63, 3.8) is 0 Å². The Labute approximate surface area is 167 Å². The second kappa shape index (κ2) is 10.1. The lowest BCUT2D eigenvalue weighted by Gasteiger charge is -2.29. The molecule has 2 saturated carbocycles. The molecule has 1 heterocycles. The third-order valence-corrected chi connectivity index (χ3v) is 6.32. The molecule has 2 aliphatic rings. The van der Waals surface area contributed by atoms with Crippen molar-refractivity contribution in [3.8, 4) is 5.88 Å². The van der Waals surface area contributed by atoms with Crippen LogP contribution in [0.5, 0.6) is 5.88 Å². The van der Waals surface area contributed by atoms with Gasteiger partial charge in [0.1, 0.15) is 5.56 Å². The van der Waals surface area contributed by atoms with E-state index in [1.54, 1.807) is 0 Å². The highest BCUT2D eigenvalue weighted by molar-refractivity contribution is 5.82. The van der Waals surface area contributed by atoms with Gasteiger partial charge in [0.15, 0.2) is 0 Å². The van der Waals surface area contributed by atoms with E-state index < -0.39 is 0 Å². The average Bonchev–Trinajstić information content (AvgIpc) is 2.72. The van der Waals surface area contributed by atoms with Crippen LogP contribution in [0.3, 0.4) is 0 Å². The van der Waals surface area contributed by atoms with Crippen LogP contribution in [0.2, 0.25) is 0 Å². The fourth-order valence-corrected chi connectivity index (χ4v) is 4.70. The summed E-state index contributed by atoms with van der Waals surface area (Å²) in [5.74, 6) is -0.187. The Morgan fingerprint density at radius 2 is 1.50 bits per heavy atom. The maximum absolute atomic E-state index is 13.3. The van der Waals surface area contributed by atoms with Gasteiger partial charge >= 0.3 is 5.69 Å². The zero-order valence-electron chi connectivity index (χ0n) is 17.2. The molecule has 0 spiro atoms. The Kier molecular flexibility index (Phi) is 7.51. The molecule has 6 nitrogen and oxygen atoms in total. The van der Waals surface area contributed by atoms with Gasteiger partial charge in [0.05, 0.1) is 0 Å². The monoisotopic (exact) mass is 389 g/mol. The summed E-state index contributed by atoms with van der Waals surface area (Å²) in [6.45, 7) is 2.77. The fraction of sp³-hybridized carbons (Fsp3) is 0.773. The van der Waals surface area contributed by atoms with Crippen LogP contribution in [0.25, 0.3) is 0 Å². The zero-order chi connectivity index (χ0) is 19.9. The summed E-state index contributed by atoms with van der Waals surface area (Å²) in [6, 6.07) is -0.0830. The van der Waals surface area contributed by atoms with Gasteiger partial charge in [-0.2, -0.15) is 0 Å². The fourth-order valence-electron chi connectivity index (χ4n) is 4.70. The molecule has 2 fully saturated rings. The second-order valence-electron chi connectivity index (χ2n) is 8.39. The number of rotatable bonds is 7. The number of aromatic hydroxyl groups is 1. The molecule has 3 rings (SSSR count). The van der Waals surface area contributed by atoms with Crippen LogP contribution in [0.15, 0.2) is 14.6 Å². The average molecular weight is 390 g/mol. The molecule has 1 aromatic heterocycles. The third-order valence-electron chi connectivity index (χ3n) is 6.32. The molecule has 0 aliphatic heterocycles. The van der Waals surface area contributed by atoms with Crippen LogP contribution in [-0.4, -0.2) is 27.0 Å². The zero-order valence-corrected chi connectivity index (χ0v) is 17.2. The molecule has 156 valence electrons. The number of nitrogens with zero attached hydrogens (tertiary/aromatic N) is 3. The van der Waals surface area contributed by atoms with Crippen molar-refractivity contribution >= 4 is 6.21 Å². The molecule has 1 N–H and O–H groups in total. The van der Waals surface area contributed by atoms with Gasteiger partial charge in [0.25, 0.3) is 5.56 Å². The lowest BCUT2D eigenvalue weighted by molar-refractivity contribution is 0.271. The smallest absolute Gasteiger partial charge is 0.334 e. The van der Waals surface area contributed by atoms with Gasteiger partial charge in [-0.3, -0.25) is 18.9 Å². The molecule has 1 aromatic rings. The molecular weight excluding hydrogens is 354 g/mol. The minimum Gasteiger partial charge on any atom is -0.494 e. The second-order valence-corrected chi connectivity index (χ2v) is 8.39. The lowest BCUT2D eigenvalue weighted by Crippen LogP contribution is -2.45. The predicted octanol–water partition coefficient (Wildman–Crippen LogP) is 4.34. The number of aromatic nitrogens is 2. The highest BCUT2D eigenvalue weighted by Gasteiger charge is 2.28. The van der Waals surface area contributed by atoms with Crippen molar-refractivity contribution in [1.82, 2.24) is 9.13 Å². The molecule has 0 saturated heterocycles. The highest BCUT2D eigenvalue weighted by atomic mass is 16.3. The Morgan fingerprint density at radius 3 is 2.07 bits per heavy atom. The first-order valence-corrected chi connectivity index (χ1v) is 11.2. The summed E-state index contributed by atoms with van der Waals surface area (Å²) >= 11 is 0. The van der Waals surface area contributed by atoms with Gasteiger partial charge in [-0.25, -0.2) is 4.79 Å². The lowest BCUT2D eigenvalue weighted by atomic mass is 9.94. The van der Waals surface area contributed by atoms with Crippen LogP contribution in [0, 0.1) is 0 Å². The maximum Gasteiger partial charge on any atom is 0.334 e. The highest BCUT2D eigenvalue weighted by Crippen LogP contribution is 2.31. The molecule has 0 aromatic carbocycles. The van der Waals surface area contributed by atoms with Gasteiger partial charge in [-0.05, 0) is 32.1 Å². The third kappa shape index (κ3) is 4.58. The standard InChI is InChI=1S/C22H35N3O3/c1-2-3-10-15-23-16-19-20(26)24(17-11-6-4-7-12-17)22(28)25(21(19)27)18-13-8-5-9-14-18/h16-18,26H,2-15H2,1H3. The SMILES string of the molecule is CCCCCN=Cc1c(O)n(C2CCCCC2)c(=O)n(C2CCCCC2)c1=O. The summed E-state index contributed by atoms with van der Waals surface area (Å²) in [5.41, 5.74) is -0.516. The van der Waals surface area contributed by atoms with Gasteiger partial charge in [0, 0.05) is 24.8 Å². The summed E-state index contributed by atoms with van der Waals surface area (Å²) in [5, 5.41) is 10.9. The van der Waals surface area contributed by atoms with E-state index in [9.17, 15) is 14.7 Å². The molecule has 6 heteroatoms. The van der Waals surface area contributed by atoms with Crippen LogP contribution >= 0.6 is 0 Å². The molecule has 0 radical (unpaired) electrons. The molecule has 28 heavy (non-hydrogen) atoms. The van der Waals surface area contributed by atoms with Crippen LogP contribution in [0.4, 0.5) is 0 Å². The first-order chi connectivity index (χ1) is 13.6. The van der Waals surface area contributed by atoms with Crippen molar-refractivity contribution in [1.29, 1.82) is 0 Å². The van der Waals surface area contributed by atoms with E-state index in [2.05, 4.69) is 11.9 Å². The van der Waals surface area contributed by atoms with Gasteiger partial charge in [0.2, 0.25) is 5.88 Å². The minimum absolute atomic E-state index is 0.0241. The largest absolute Gasteiger partial charge is 0.494 e. The normalized spacial score (nSPS) is 19.5. The van der Waals surface area contributed by atoms with Crippen molar-refractivity contribution in [2.75, 3.05) is 6.54 Å². The minimum atomic E-state index is -0.374. The number of aliphatic imine (C=N–C) groups is 1. The predicted molar refractivity (Wildman–Crippen MR) is 113 cm³/mol. The number of unbranched alkanes of at least 4 members (excludes halogenated alkanes) is 2. The summed E-state index contributed by atoms with van der Waals surface area (Å²) in [6.07, 6.45) is 14.7. The van der Waals surface area contributed by atoms with Crippen LogP contribution < -0.4 is 11.2 Å². The maximum atomic E-state index is 13.3. The first kappa shape index (κ1) is 20.9. The molecule has 0 amide bonds.